The second-order valence-corrected chi connectivity index (χ2v) is 5.79. The molecule has 8 N–H and O–H groups in total. The van der Waals surface area contributed by atoms with Crippen LogP contribution in [-0.4, -0.2) is 65.8 Å². The van der Waals surface area contributed by atoms with Crippen LogP contribution in [0.2, 0.25) is 0 Å². The summed E-state index contributed by atoms with van der Waals surface area (Å²) in [6.45, 7) is 1.60. The smallest absolute Gasteiger partial charge is 0.326 e. The first-order chi connectivity index (χ1) is 11.8. The van der Waals surface area contributed by atoms with Crippen LogP contribution in [0.25, 0.3) is 0 Å². The van der Waals surface area contributed by atoms with E-state index in [2.05, 4.69) is 28.6 Å². The molecule has 3 unspecified atom stereocenters. The third kappa shape index (κ3) is 9.27. The number of carboxylic acid groups (broad SMARTS) is 1. The molecule has 0 aromatic rings. The van der Waals surface area contributed by atoms with Crippen molar-refractivity contribution in [3.63, 3.8) is 0 Å². The summed E-state index contributed by atoms with van der Waals surface area (Å²) >= 11 is 4.00. The molecule has 0 rings (SSSR count). The van der Waals surface area contributed by atoms with Crippen molar-refractivity contribution in [2.45, 2.75) is 44.3 Å². The topological polar surface area (TPSA) is 177 Å². The van der Waals surface area contributed by atoms with E-state index in [-0.39, 0.29) is 18.7 Å². The fourth-order valence-electron chi connectivity index (χ4n) is 1.88. The van der Waals surface area contributed by atoms with Gasteiger partial charge in [0.05, 0.1) is 6.54 Å². The van der Waals surface area contributed by atoms with Gasteiger partial charge >= 0.3 is 5.97 Å². The van der Waals surface area contributed by atoms with Crippen LogP contribution in [0.4, 0.5) is 0 Å². The van der Waals surface area contributed by atoms with Crippen LogP contribution in [0.1, 0.15) is 26.2 Å². The first-order valence-electron chi connectivity index (χ1n) is 7.90. The maximum atomic E-state index is 12.2. The Morgan fingerprint density at radius 2 is 1.60 bits per heavy atom. The van der Waals surface area contributed by atoms with Gasteiger partial charge < -0.3 is 32.5 Å². The molecule has 0 spiro atoms. The van der Waals surface area contributed by atoms with E-state index in [1.54, 1.807) is 0 Å². The molecular formula is C14H27N5O5S. The highest BCUT2D eigenvalue weighted by Gasteiger charge is 2.27. The summed E-state index contributed by atoms with van der Waals surface area (Å²) in [5.74, 6) is -2.99. The summed E-state index contributed by atoms with van der Waals surface area (Å²) in [5, 5.41) is 16.3. The zero-order valence-corrected chi connectivity index (χ0v) is 15.1. The lowest BCUT2D eigenvalue weighted by Crippen LogP contribution is -2.56. The van der Waals surface area contributed by atoms with Crippen molar-refractivity contribution in [2.24, 2.45) is 11.5 Å². The highest BCUT2D eigenvalue weighted by Crippen LogP contribution is 2.02. The summed E-state index contributed by atoms with van der Waals surface area (Å²) in [6, 6.07) is -3.01. The molecule has 0 aliphatic heterocycles. The van der Waals surface area contributed by atoms with E-state index in [0.29, 0.717) is 19.4 Å². The number of carbonyl (C=O) groups excluding carboxylic acids is 3. The predicted molar refractivity (Wildman–Crippen MR) is 94.9 cm³/mol. The Bertz CT molecular complexity index is 477. The molecular weight excluding hydrogens is 350 g/mol. The molecule has 0 bridgehead atoms. The maximum absolute atomic E-state index is 12.2. The third-order valence-corrected chi connectivity index (χ3v) is 3.70. The molecule has 0 aromatic heterocycles. The van der Waals surface area contributed by atoms with Crippen molar-refractivity contribution in [3.8, 4) is 0 Å². The fraction of sp³-hybridized carbons (Fsp3) is 0.714. The summed E-state index contributed by atoms with van der Waals surface area (Å²) in [6.07, 6.45) is 1.42. The quantitative estimate of drug-likeness (QED) is 0.146. The zero-order chi connectivity index (χ0) is 19.4. The molecule has 3 amide bonds. The Hall–Kier alpha value is -1.85. The predicted octanol–water partition coefficient (Wildman–Crippen LogP) is -2.44. The van der Waals surface area contributed by atoms with E-state index in [9.17, 15) is 19.2 Å². The van der Waals surface area contributed by atoms with Gasteiger partial charge in [0, 0.05) is 5.75 Å². The van der Waals surface area contributed by atoms with Crippen LogP contribution in [0, 0.1) is 0 Å². The zero-order valence-electron chi connectivity index (χ0n) is 14.2. The minimum Gasteiger partial charge on any atom is -0.480 e. The molecule has 0 fully saturated rings. The third-order valence-electron chi connectivity index (χ3n) is 3.33. The maximum Gasteiger partial charge on any atom is 0.326 e. The fourth-order valence-corrected chi connectivity index (χ4v) is 2.14. The van der Waals surface area contributed by atoms with Gasteiger partial charge in [-0.15, -0.1) is 0 Å². The van der Waals surface area contributed by atoms with Crippen LogP contribution in [-0.2, 0) is 19.2 Å². The number of carbonyl (C=O) groups is 4. The minimum atomic E-state index is -1.17. The average molecular weight is 377 g/mol. The van der Waals surface area contributed by atoms with E-state index in [1.165, 1.54) is 6.92 Å². The van der Waals surface area contributed by atoms with Crippen molar-refractivity contribution < 1.29 is 24.3 Å². The average Bonchev–Trinajstić information content (AvgIpc) is 2.57. The molecule has 0 aliphatic rings. The van der Waals surface area contributed by atoms with Crippen LogP contribution in [0.15, 0.2) is 0 Å². The van der Waals surface area contributed by atoms with E-state index in [4.69, 9.17) is 16.6 Å². The summed E-state index contributed by atoms with van der Waals surface area (Å²) in [7, 11) is 0. The van der Waals surface area contributed by atoms with Gasteiger partial charge in [-0.25, -0.2) is 4.79 Å². The molecule has 11 heteroatoms. The van der Waals surface area contributed by atoms with E-state index < -0.39 is 41.8 Å². The monoisotopic (exact) mass is 377 g/mol. The molecule has 0 radical (unpaired) electrons. The number of hydrogen-bond acceptors (Lipinski definition) is 7. The molecule has 3 atom stereocenters. The van der Waals surface area contributed by atoms with Gasteiger partial charge in [0.2, 0.25) is 17.7 Å². The van der Waals surface area contributed by atoms with E-state index in [1.807, 2.05) is 0 Å². The number of nitrogens with one attached hydrogen (secondary N) is 3. The van der Waals surface area contributed by atoms with Crippen molar-refractivity contribution in [2.75, 3.05) is 18.8 Å². The van der Waals surface area contributed by atoms with Crippen molar-refractivity contribution >= 4 is 36.3 Å². The molecule has 0 aromatic carbocycles. The van der Waals surface area contributed by atoms with E-state index >= 15 is 0 Å². The number of rotatable bonds is 12. The number of unbranched alkanes of at least 4 members (excludes halogenated alkanes) is 1. The molecule has 10 nitrogen and oxygen atoms in total. The summed E-state index contributed by atoms with van der Waals surface area (Å²) in [4.78, 5) is 46.6. The minimum absolute atomic E-state index is 0.0374. The lowest BCUT2D eigenvalue weighted by molar-refractivity contribution is -0.142. The summed E-state index contributed by atoms with van der Waals surface area (Å²) < 4.78 is 0. The van der Waals surface area contributed by atoms with Gasteiger partial charge in [0.25, 0.3) is 0 Å². The number of aliphatic carboxylic acids is 1. The largest absolute Gasteiger partial charge is 0.480 e. The van der Waals surface area contributed by atoms with Gasteiger partial charge in [-0.1, -0.05) is 0 Å². The highest BCUT2D eigenvalue weighted by atomic mass is 32.1. The Labute approximate surface area is 151 Å². The van der Waals surface area contributed by atoms with Crippen molar-refractivity contribution in [1.82, 2.24) is 16.0 Å². The number of nitrogens with two attached hydrogens (primary N) is 2. The van der Waals surface area contributed by atoms with Gasteiger partial charge in [-0.3, -0.25) is 14.4 Å². The SMILES string of the molecule is CC(NC(=O)CN)C(=O)NC(CS)C(=O)NC(CCCCN)C(=O)O. The standard InChI is InChI=1S/C14H27N5O5S/c1-8(17-11(20)6-16)12(21)19-10(7-25)13(22)18-9(14(23)24)4-2-3-5-15/h8-10,25H,2-7,15-16H2,1H3,(H,17,20)(H,18,22)(H,19,21)(H,23,24). The van der Waals surface area contributed by atoms with Gasteiger partial charge in [-0.2, -0.15) is 12.6 Å². The Balaban J connectivity index is 4.69. The molecule has 144 valence electrons. The highest BCUT2D eigenvalue weighted by molar-refractivity contribution is 7.80. The second-order valence-electron chi connectivity index (χ2n) is 5.42. The van der Waals surface area contributed by atoms with Gasteiger partial charge in [0.15, 0.2) is 0 Å². The lowest BCUT2D eigenvalue weighted by atomic mass is 10.1. The number of hydrogen-bond donors (Lipinski definition) is 7. The first-order valence-corrected chi connectivity index (χ1v) is 8.53. The Morgan fingerprint density at radius 1 is 1.00 bits per heavy atom. The van der Waals surface area contributed by atoms with Crippen LogP contribution < -0.4 is 27.4 Å². The number of thiol groups is 1. The van der Waals surface area contributed by atoms with Crippen LogP contribution >= 0.6 is 12.6 Å². The molecule has 25 heavy (non-hydrogen) atoms. The van der Waals surface area contributed by atoms with Gasteiger partial charge in [-0.05, 0) is 32.7 Å². The van der Waals surface area contributed by atoms with Crippen LogP contribution in [0.3, 0.4) is 0 Å². The van der Waals surface area contributed by atoms with E-state index in [0.717, 1.165) is 0 Å². The molecule has 0 aliphatic carbocycles. The molecule has 0 heterocycles. The molecule has 0 saturated heterocycles. The van der Waals surface area contributed by atoms with Crippen molar-refractivity contribution in [1.29, 1.82) is 0 Å². The van der Waals surface area contributed by atoms with Gasteiger partial charge in [0.1, 0.15) is 18.1 Å². The Kier molecular flexibility index (Phi) is 11.6. The number of carboxylic acids is 1. The van der Waals surface area contributed by atoms with Crippen LogP contribution in [0.5, 0.6) is 0 Å². The first kappa shape index (κ1) is 23.1. The Morgan fingerprint density at radius 3 is 2.08 bits per heavy atom. The lowest BCUT2D eigenvalue weighted by Gasteiger charge is -2.22. The summed E-state index contributed by atoms with van der Waals surface area (Å²) in [5.41, 5.74) is 10.5. The second kappa shape index (κ2) is 12.5. The normalized spacial score (nSPS) is 14.1. The van der Waals surface area contributed by atoms with Crippen molar-refractivity contribution in [3.05, 3.63) is 0 Å². The number of amides is 3. The molecule has 0 saturated carbocycles.